The van der Waals surface area contributed by atoms with E-state index in [9.17, 15) is 0 Å². The number of benzene rings is 1. The molecule has 0 radical (unpaired) electrons. The van der Waals surface area contributed by atoms with E-state index < -0.39 is 0 Å². The lowest BCUT2D eigenvalue weighted by Crippen LogP contribution is -2.34. The first-order valence-electron chi connectivity index (χ1n) is 9.17. The molecule has 1 saturated heterocycles. The number of nitrogens with zero attached hydrogens (tertiary/aromatic N) is 6. The quantitative estimate of drug-likeness (QED) is 0.599. The summed E-state index contributed by atoms with van der Waals surface area (Å²) >= 11 is 0. The molecule has 8 nitrogen and oxygen atoms in total. The summed E-state index contributed by atoms with van der Waals surface area (Å²) in [4.78, 5) is 17.8. The number of anilines is 2. The number of fused-ring (bicyclic) bond motifs is 3. The summed E-state index contributed by atoms with van der Waals surface area (Å²) in [5, 5.41) is 8.40. The van der Waals surface area contributed by atoms with Crippen LogP contribution in [0.5, 0.6) is 0 Å². The van der Waals surface area contributed by atoms with Crippen molar-refractivity contribution in [2.24, 2.45) is 0 Å². The molecule has 0 amide bonds. The topological polar surface area (TPSA) is 87.0 Å². The molecule has 0 aliphatic carbocycles. The molecule has 5 rings (SSSR count). The Bertz CT molecular complexity index is 1090. The second-order valence-electron chi connectivity index (χ2n) is 7.15. The van der Waals surface area contributed by atoms with Crippen LogP contribution in [0.1, 0.15) is 24.6 Å². The van der Waals surface area contributed by atoms with Gasteiger partial charge in [-0.15, -0.1) is 5.10 Å². The summed E-state index contributed by atoms with van der Waals surface area (Å²) < 4.78 is 6.08. The Kier molecular flexibility index (Phi) is 3.70. The Morgan fingerprint density at radius 1 is 1.15 bits per heavy atom. The summed E-state index contributed by atoms with van der Waals surface area (Å²) in [6.45, 7) is 1.79. The molecular weight excluding hydrogens is 342 g/mol. The van der Waals surface area contributed by atoms with Gasteiger partial charge in [-0.2, -0.15) is 4.98 Å². The fourth-order valence-electron chi connectivity index (χ4n) is 3.75. The molecule has 0 bridgehead atoms. The highest BCUT2D eigenvalue weighted by Gasteiger charge is 2.26. The van der Waals surface area contributed by atoms with Gasteiger partial charge < -0.3 is 14.2 Å². The molecule has 0 unspecified atom stereocenters. The van der Waals surface area contributed by atoms with Crippen molar-refractivity contribution in [3.8, 4) is 0 Å². The number of furan rings is 1. The van der Waals surface area contributed by atoms with Crippen LogP contribution < -0.4 is 9.80 Å². The van der Waals surface area contributed by atoms with Crippen molar-refractivity contribution in [3.63, 3.8) is 0 Å². The molecule has 0 saturated carbocycles. The van der Waals surface area contributed by atoms with Crippen LogP contribution in [-0.4, -0.2) is 52.3 Å². The van der Waals surface area contributed by atoms with Crippen LogP contribution in [-0.2, 0) is 0 Å². The SMILES string of the molecule is CN(C)c1n[nH]c(C2CCN(c3ncnc4c3oc3ccccc34)CC2)n1. The molecule has 1 aromatic carbocycles. The lowest BCUT2D eigenvalue weighted by molar-refractivity contribution is 0.483. The molecule has 0 atom stereocenters. The largest absolute Gasteiger partial charge is 0.450 e. The second-order valence-corrected chi connectivity index (χ2v) is 7.15. The van der Waals surface area contributed by atoms with Crippen LogP contribution in [0.4, 0.5) is 11.8 Å². The van der Waals surface area contributed by atoms with Gasteiger partial charge in [0.1, 0.15) is 23.3 Å². The molecule has 27 heavy (non-hydrogen) atoms. The van der Waals surface area contributed by atoms with Crippen molar-refractivity contribution in [3.05, 3.63) is 36.4 Å². The first-order valence-corrected chi connectivity index (χ1v) is 9.17. The lowest BCUT2D eigenvalue weighted by Gasteiger charge is -2.31. The van der Waals surface area contributed by atoms with E-state index in [1.807, 2.05) is 43.3 Å². The number of nitrogens with one attached hydrogen (secondary N) is 1. The van der Waals surface area contributed by atoms with Crippen LogP contribution in [0.3, 0.4) is 0 Å². The molecule has 4 aromatic rings. The van der Waals surface area contributed by atoms with Gasteiger partial charge in [0.15, 0.2) is 11.4 Å². The Morgan fingerprint density at radius 2 is 1.96 bits per heavy atom. The molecule has 1 fully saturated rings. The average molecular weight is 363 g/mol. The summed E-state index contributed by atoms with van der Waals surface area (Å²) in [6, 6.07) is 7.99. The number of aromatic nitrogens is 5. The van der Waals surface area contributed by atoms with Gasteiger partial charge in [-0.3, -0.25) is 5.10 Å². The first kappa shape index (κ1) is 16.0. The van der Waals surface area contributed by atoms with Crippen LogP contribution in [0.2, 0.25) is 0 Å². The minimum atomic E-state index is 0.385. The van der Waals surface area contributed by atoms with Crippen LogP contribution in [0, 0.1) is 0 Å². The van der Waals surface area contributed by atoms with E-state index in [0.29, 0.717) is 5.92 Å². The maximum Gasteiger partial charge on any atom is 0.244 e. The fourth-order valence-corrected chi connectivity index (χ4v) is 3.75. The van der Waals surface area contributed by atoms with E-state index in [1.165, 1.54) is 0 Å². The Balaban J connectivity index is 1.40. The Hall–Kier alpha value is -3.16. The van der Waals surface area contributed by atoms with Gasteiger partial charge in [0, 0.05) is 38.5 Å². The van der Waals surface area contributed by atoms with Gasteiger partial charge in [0.2, 0.25) is 5.95 Å². The Labute approximate surface area is 156 Å². The van der Waals surface area contributed by atoms with Crippen LogP contribution in [0.25, 0.3) is 22.1 Å². The number of aromatic amines is 1. The van der Waals surface area contributed by atoms with E-state index in [1.54, 1.807) is 6.33 Å². The molecule has 1 aliphatic rings. The zero-order valence-corrected chi connectivity index (χ0v) is 15.4. The summed E-state index contributed by atoms with van der Waals surface area (Å²) in [7, 11) is 3.90. The lowest BCUT2D eigenvalue weighted by atomic mass is 9.96. The minimum Gasteiger partial charge on any atom is -0.450 e. The van der Waals surface area contributed by atoms with E-state index >= 15 is 0 Å². The average Bonchev–Trinajstić information content (AvgIpc) is 3.33. The second kappa shape index (κ2) is 6.22. The molecule has 8 heteroatoms. The number of piperidine rings is 1. The minimum absolute atomic E-state index is 0.385. The molecular formula is C19H21N7O. The van der Waals surface area contributed by atoms with E-state index in [2.05, 4.69) is 30.0 Å². The predicted molar refractivity (Wildman–Crippen MR) is 104 cm³/mol. The molecule has 3 aromatic heterocycles. The van der Waals surface area contributed by atoms with Gasteiger partial charge in [-0.1, -0.05) is 12.1 Å². The summed E-state index contributed by atoms with van der Waals surface area (Å²) in [6.07, 6.45) is 3.62. The molecule has 1 aliphatic heterocycles. The third kappa shape index (κ3) is 2.68. The number of hydrogen-bond donors (Lipinski definition) is 1. The highest BCUT2D eigenvalue weighted by Crippen LogP contribution is 2.35. The third-order valence-electron chi connectivity index (χ3n) is 5.21. The van der Waals surface area contributed by atoms with Crippen LogP contribution in [0.15, 0.2) is 35.0 Å². The summed E-state index contributed by atoms with van der Waals surface area (Å²) in [5.74, 6) is 2.96. The monoisotopic (exact) mass is 363 g/mol. The maximum absolute atomic E-state index is 6.08. The molecule has 0 spiro atoms. The molecule has 1 N–H and O–H groups in total. The third-order valence-corrected chi connectivity index (χ3v) is 5.21. The van der Waals surface area contributed by atoms with Gasteiger partial charge in [0.05, 0.1) is 0 Å². The highest BCUT2D eigenvalue weighted by atomic mass is 16.3. The number of para-hydroxylation sites is 1. The normalized spacial score (nSPS) is 15.7. The fraction of sp³-hybridized carbons (Fsp3) is 0.368. The first-order chi connectivity index (χ1) is 13.2. The van der Waals surface area contributed by atoms with E-state index in [-0.39, 0.29) is 0 Å². The zero-order chi connectivity index (χ0) is 18.4. The van der Waals surface area contributed by atoms with Crippen molar-refractivity contribution in [1.29, 1.82) is 0 Å². The van der Waals surface area contributed by atoms with Gasteiger partial charge in [0.25, 0.3) is 0 Å². The van der Waals surface area contributed by atoms with Crippen molar-refractivity contribution in [2.75, 3.05) is 37.0 Å². The van der Waals surface area contributed by atoms with Gasteiger partial charge in [-0.05, 0) is 25.0 Å². The smallest absolute Gasteiger partial charge is 0.244 e. The highest BCUT2D eigenvalue weighted by molar-refractivity contribution is 6.05. The number of hydrogen-bond acceptors (Lipinski definition) is 7. The van der Waals surface area contributed by atoms with Crippen molar-refractivity contribution in [2.45, 2.75) is 18.8 Å². The van der Waals surface area contributed by atoms with Crippen molar-refractivity contribution >= 4 is 33.8 Å². The zero-order valence-electron chi connectivity index (χ0n) is 15.4. The Morgan fingerprint density at radius 3 is 2.74 bits per heavy atom. The maximum atomic E-state index is 6.08. The van der Waals surface area contributed by atoms with Crippen molar-refractivity contribution < 1.29 is 4.42 Å². The van der Waals surface area contributed by atoms with Crippen LogP contribution >= 0.6 is 0 Å². The summed E-state index contributed by atoms with van der Waals surface area (Å²) in [5.41, 5.74) is 2.50. The molecule has 138 valence electrons. The standard InChI is InChI=1S/C19H21N7O/c1-25(2)19-22-17(23-24-19)12-7-9-26(10-8-12)18-16-15(20-11-21-18)13-5-3-4-6-14(13)27-16/h3-6,11-12H,7-10H2,1-2H3,(H,22,23,24). The van der Waals surface area contributed by atoms with Gasteiger partial charge in [-0.25, -0.2) is 9.97 Å². The van der Waals surface area contributed by atoms with Crippen molar-refractivity contribution in [1.82, 2.24) is 25.1 Å². The molecule has 4 heterocycles. The number of rotatable bonds is 3. The van der Waals surface area contributed by atoms with E-state index in [4.69, 9.17) is 4.42 Å². The van der Waals surface area contributed by atoms with Gasteiger partial charge >= 0.3 is 0 Å². The predicted octanol–water partition coefficient (Wildman–Crippen LogP) is 2.94. The van der Waals surface area contributed by atoms with E-state index in [0.717, 1.165) is 65.6 Å². The number of H-pyrrole nitrogens is 1.